The molecule has 6 nitrogen and oxygen atoms in total. The smallest absolute Gasteiger partial charge is 0.284 e. The molecule has 0 fully saturated rings. The first kappa shape index (κ1) is 18.1. The van der Waals surface area contributed by atoms with Crippen LogP contribution >= 0.6 is 11.6 Å². The number of nitrogens with one attached hydrogen (secondary N) is 1. The summed E-state index contributed by atoms with van der Waals surface area (Å²) in [7, 11) is 0. The zero-order valence-corrected chi connectivity index (χ0v) is 15.8. The van der Waals surface area contributed by atoms with E-state index in [0.717, 1.165) is 11.1 Å². The second-order valence-corrected chi connectivity index (χ2v) is 6.67. The van der Waals surface area contributed by atoms with Crippen molar-refractivity contribution in [2.24, 2.45) is 5.10 Å². The van der Waals surface area contributed by atoms with Crippen LogP contribution in [0.4, 0.5) is 0 Å². The average Bonchev–Trinajstić information content (AvgIpc) is 3.18. The zero-order chi connectivity index (χ0) is 19.5. The average molecular weight is 397 g/mol. The molecular weight excluding hydrogens is 380 g/mol. The lowest BCUT2D eigenvalue weighted by Gasteiger charge is -2.24. The highest BCUT2D eigenvalue weighted by molar-refractivity contribution is 6.31. The van der Waals surface area contributed by atoms with Gasteiger partial charge >= 0.3 is 0 Å². The Morgan fingerprint density at radius 2 is 2.00 bits per heavy atom. The van der Waals surface area contributed by atoms with Crippen molar-refractivity contribution in [2.75, 3.05) is 6.61 Å². The number of para-hydroxylation sites is 2. The first-order valence-corrected chi connectivity index (χ1v) is 9.06. The topological polar surface area (TPSA) is 73.1 Å². The highest BCUT2D eigenvalue weighted by Gasteiger charge is 2.27. The molecular formula is C21H17ClN2O4. The molecule has 0 spiro atoms. The van der Waals surface area contributed by atoms with Crippen LogP contribution in [-0.2, 0) is 4.79 Å². The predicted octanol–water partition coefficient (Wildman–Crippen LogP) is 4.20. The van der Waals surface area contributed by atoms with Gasteiger partial charge in [0.1, 0.15) is 18.1 Å². The standard InChI is InChI=1S/C21H17ClN2O4/c1-13-6-7-14(10-16(13)22)17-9-8-15(27-17)11-23-24-21(25)20-12-26-18-4-2-3-5-19(18)28-20/h2-11,20H,12H2,1H3,(H,24,25)/t20-/m0/s1. The van der Waals surface area contributed by atoms with E-state index >= 15 is 0 Å². The van der Waals surface area contributed by atoms with Gasteiger partial charge in [-0.1, -0.05) is 35.9 Å². The molecule has 0 saturated carbocycles. The normalized spacial score (nSPS) is 15.6. The lowest BCUT2D eigenvalue weighted by Crippen LogP contribution is -2.42. The molecule has 1 aliphatic rings. The number of fused-ring (bicyclic) bond motifs is 1. The number of carbonyl (C=O) groups is 1. The maximum absolute atomic E-state index is 12.2. The molecule has 1 aromatic heterocycles. The molecule has 28 heavy (non-hydrogen) atoms. The van der Waals surface area contributed by atoms with Gasteiger partial charge in [0.25, 0.3) is 5.91 Å². The summed E-state index contributed by atoms with van der Waals surface area (Å²) < 4.78 is 16.9. The second kappa shape index (κ2) is 7.78. The Morgan fingerprint density at radius 3 is 2.82 bits per heavy atom. The number of benzene rings is 2. The Labute approximate surface area is 166 Å². The molecule has 0 aliphatic carbocycles. The van der Waals surface area contributed by atoms with Crippen LogP contribution in [0.5, 0.6) is 11.5 Å². The molecule has 2 heterocycles. The van der Waals surface area contributed by atoms with E-state index in [1.54, 1.807) is 18.2 Å². The number of halogens is 1. The fraction of sp³-hybridized carbons (Fsp3) is 0.143. The van der Waals surface area contributed by atoms with E-state index in [2.05, 4.69) is 10.5 Å². The highest BCUT2D eigenvalue weighted by Crippen LogP contribution is 2.31. The molecule has 0 unspecified atom stereocenters. The summed E-state index contributed by atoms with van der Waals surface area (Å²) in [5.41, 5.74) is 4.31. The lowest BCUT2D eigenvalue weighted by atomic mass is 10.1. The second-order valence-electron chi connectivity index (χ2n) is 6.26. The minimum Gasteiger partial charge on any atom is -0.485 e. The molecule has 0 bridgehead atoms. The van der Waals surface area contributed by atoms with Crippen LogP contribution in [0.15, 0.2) is 64.1 Å². The van der Waals surface area contributed by atoms with Gasteiger partial charge in [-0.05, 0) is 42.8 Å². The molecule has 3 aromatic rings. The highest BCUT2D eigenvalue weighted by atomic mass is 35.5. The van der Waals surface area contributed by atoms with Crippen molar-refractivity contribution in [2.45, 2.75) is 13.0 Å². The number of carbonyl (C=O) groups excluding carboxylic acids is 1. The third-order valence-electron chi connectivity index (χ3n) is 4.25. The van der Waals surface area contributed by atoms with Gasteiger partial charge in [0.15, 0.2) is 11.5 Å². The van der Waals surface area contributed by atoms with Gasteiger partial charge in [-0.3, -0.25) is 4.79 Å². The maximum atomic E-state index is 12.2. The van der Waals surface area contributed by atoms with E-state index in [1.807, 2.05) is 43.3 Å². The van der Waals surface area contributed by atoms with E-state index in [9.17, 15) is 4.79 Å². The maximum Gasteiger partial charge on any atom is 0.284 e. The van der Waals surface area contributed by atoms with Crippen molar-refractivity contribution in [3.63, 3.8) is 0 Å². The molecule has 7 heteroatoms. The van der Waals surface area contributed by atoms with E-state index in [4.69, 9.17) is 25.5 Å². The van der Waals surface area contributed by atoms with E-state index in [0.29, 0.717) is 28.0 Å². The van der Waals surface area contributed by atoms with Crippen LogP contribution in [0.25, 0.3) is 11.3 Å². The van der Waals surface area contributed by atoms with Crippen molar-refractivity contribution in [3.8, 4) is 22.8 Å². The van der Waals surface area contributed by atoms with Crippen LogP contribution in [0.2, 0.25) is 5.02 Å². The Hall–Kier alpha value is -3.25. The molecule has 1 atom stereocenters. The van der Waals surface area contributed by atoms with Crippen molar-refractivity contribution < 1.29 is 18.7 Å². The Bertz CT molecular complexity index is 1040. The number of hydrogen-bond acceptors (Lipinski definition) is 5. The van der Waals surface area contributed by atoms with E-state index in [1.165, 1.54) is 6.21 Å². The Kier molecular flexibility index (Phi) is 5.04. The van der Waals surface area contributed by atoms with Gasteiger partial charge < -0.3 is 13.9 Å². The zero-order valence-electron chi connectivity index (χ0n) is 15.0. The Morgan fingerprint density at radius 1 is 1.18 bits per heavy atom. The molecule has 2 aromatic carbocycles. The first-order valence-electron chi connectivity index (χ1n) is 8.68. The van der Waals surface area contributed by atoms with Crippen LogP contribution in [0.1, 0.15) is 11.3 Å². The number of nitrogens with zero attached hydrogens (tertiary/aromatic N) is 1. The van der Waals surface area contributed by atoms with E-state index in [-0.39, 0.29) is 6.61 Å². The van der Waals surface area contributed by atoms with Crippen molar-refractivity contribution in [1.29, 1.82) is 0 Å². The van der Waals surface area contributed by atoms with Crippen LogP contribution in [0, 0.1) is 6.92 Å². The summed E-state index contributed by atoms with van der Waals surface area (Å²) in [6.07, 6.45) is 0.656. The van der Waals surface area contributed by atoms with Gasteiger partial charge in [0, 0.05) is 10.6 Å². The fourth-order valence-electron chi connectivity index (χ4n) is 2.70. The van der Waals surface area contributed by atoms with Crippen LogP contribution in [-0.4, -0.2) is 24.8 Å². The van der Waals surface area contributed by atoms with Gasteiger partial charge in [-0.2, -0.15) is 5.10 Å². The molecule has 1 N–H and O–H groups in total. The summed E-state index contributed by atoms with van der Waals surface area (Å²) in [5, 5.41) is 4.61. The van der Waals surface area contributed by atoms with Crippen LogP contribution in [0.3, 0.4) is 0 Å². The van der Waals surface area contributed by atoms with E-state index < -0.39 is 12.0 Å². The molecule has 4 rings (SSSR count). The largest absolute Gasteiger partial charge is 0.485 e. The van der Waals surface area contributed by atoms with Gasteiger partial charge in [-0.25, -0.2) is 5.43 Å². The Balaban J connectivity index is 1.37. The number of rotatable bonds is 4. The quantitative estimate of drug-likeness (QED) is 0.530. The number of amides is 1. The lowest BCUT2D eigenvalue weighted by molar-refractivity contribution is -0.130. The van der Waals surface area contributed by atoms with Crippen molar-refractivity contribution >= 4 is 23.7 Å². The van der Waals surface area contributed by atoms with Gasteiger partial charge in [0.05, 0.1) is 6.21 Å². The minimum absolute atomic E-state index is 0.122. The summed E-state index contributed by atoms with van der Waals surface area (Å²) in [4.78, 5) is 12.2. The number of ether oxygens (including phenoxy) is 2. The predicted molar refractivity (Wildman–Crippen MR) is 106 cm³/mol. The number of hydrazone groups is 1. The number of furan rings is 1. The molecule has 142 valence electrons. The summed E-state index contributed by atoms with van der Waals surface area (Å²) in [5.74, 6) is 1.91. The third kappa shape index (κ3) is 3.87. The molecule has 1 aliphatic heterocycles. The number of aryl methyl sites for hydroxylation is 1. The first-order chi connectivity index (χ1) is 13.6. The van der Waals surface area contributed by atoms with Gasteiger partial charge in [0.2, 0.25) is 6.10 Å². The summed E-state index contributed by atoms with van der Waals surface area (Å²) in [6, 6.07) is 16.5. The number of hydrogen-bond donors (Lipinski definition) is 1. The third-order valence-corrected chi connectivity index (χ3v) is 4.66. The van der Waals surface area contributed by atoms with Gasteiger partial charge in [-0.15, -0.1) is 0 Å². The molecule has 0 radical (unpaired) electrons. The van der Waals surface area contributed by atoms with Crippen LogP contribution < -0.4 is 14.9 Å². The minimum atomic E-state index is -0.770. The monoisotopic (exact) mass is 396 g/mol. The summed E-state index contributed by atoms with van der Waals surface area (Å²) in [6.45, 7) is 2.06. The molecule has 1 amide bonds. The van der Waals surface area contributed by atoms with Crippen molar-refractivity contribution in [1.82, 2.24) is 5.43 Å². The summed E-state index contributed by atoms with van der Waals surface area (Å²) >= 11 is 6.16. The fourth-order valence-corrected chi connectivity index (χ4v) is 2.88. The molecule has 0 saturated heterocycles. The van der Waals surface area contributed by atoms with Crippen molar-refractivity contribution in [3.05, 3.63) is 70.9 Å². The SMILES string of the molecule is Cc1ccc(-c2ccc(C=NNC(=O)[C@@H]3COc4ccccc4O3)o2)cc1Cl.